The van der Waals surface area contributed by atoms with E-state index in [-0.39, 0.29) is 11.7 Å². The molecule has 0 aliphatic carbocycles. The number of thiazole rings is 1. The van der Waals surface area contributed by atoms with Crippen LogP contribution >= 0.6 is 23.1 Å². The van der Waals surface area contributed by atoms with Crippen LogP contribution in [-0.2, 0) is 11.3 Å². The highest BCUT2D eigenvalue weighted by molar-refractivity contribution is 7.99. The molecule has 3 aromatic rings. The van der Waals surface area contributed by atoms with Gasteiger partial charge < -0.3 is 9.88 Å². The van der Waals surface area contributed by atoms with Crippen LogP contribution in [0, 0.1) is 6.92 Å². The normalized spacial score (nSPS) is 10.7. The van der Waals surface area contributed by atoms with Gasteiger partial charge in [0, 0.05) is 24.0 Å². The minimum atomic E-state index is -0.0864. The van der Waals surface area contributed by atoms with E-state index in [0.29, 0.717) is 11.7 Å². The van der Waals surface area contributed by atoms with Crippen molar-refractivity contribution >= 4 is 34.1 Å². The maximum atomic E-state index is 12.0. The summed E-state index contributed by atoms with van der Waals surface area (Å²) in [6.07, 6.45) is 5.38. The first-order valence-corrected chi connectivity index (χ1v) is 8.83. The lowest BCUT2D eigenvalue weighted by molar-refractivity contribution is -0.113. The number of carbonyl (C=O) groups excluding carboxylic acids is 1. The molecule has 23 heavy (non-hydrogen) atoms. The highest BCUT2D eigenvalue weighted by Crippen LogP contribution is 2.19. The second-order valence-corrected chi connectivity index (χ2v) is 6.59. The van der Waals surface area contributed by atoms with Gasteiger partial charge in [-0.3, -0.25) is 9.78 Å². The molecule has 0 bridgehead atoms. The van der Waals surface area contributed by atoms with E-state index in [1.807, 2.05) is 41.3 Å². The van der Waals surface area contributed by atoms with E-state index in [1.54, 1.807) is 12.4 Å². The Labute approximate surface area is 142 Å². The molecule has 118 valence electrons. The number of rotatable bonds is 6. The van der Waals surface area contributed by atoms with Crippen LogP contribution in [0.25, 0.3) is 0 Å². The Morgan fingerprint density at radius 3 is 3.00 bits per heavy atom. The van der Waals surface area contributed by atoms with Gasteiger partial charge in [0.1, 0.15) is 0 Å². The van der Waals surface area contributed by atoms with Crippen molar-refractivity contribution in [3.63, 3.8) is 0 Å². The molecule has 3 heterocycles. The summed E-state index contributed by atoms with van der Waals surface area (Å²) in [5, 5.41) is 6.12. The SMILES string of the molecule is Cc1csc(NC(=O)CSc2nccn2Cc2ccccn2)n1. The van der Waals surface area contributed by atoms with Gasteiger partial charge in [0.25, 0.3) is 0 Å². The van der Waals surface area contributed by atoms with Crippen molar-refractivity contribution in [1.29, 1.82) is 0 Å². The lowest BCUT2D eigenvalue weighted by Gasteiger charge is -2.06. The van der Waals surface area contributed by atoms with Crippen LogP contribution in [0.15, 0.2) is 47.3 Å². The molecule has 0 aromatic carbocycles. The van der Waals surface area contributed by atoms with Crippen molar-refractivity contribution in [2.75, 3.05) is 11.1 Å². The van der Waals surface area contributed by atoms with Gasteiger partial charge in [0.05, 0.1) is 23.7 Å². The number of imidazole rings is 1. The van der Waals surface area contributed by atoms with E-state index in [4.69, 9.17) is 0 Å². The Bertz CT molecular complexity index is 784. The number of carbonyl (C=O) groups is 1. The van der Waals surface area contributed by atoms with Crippen molar-refractivity contribution in [3.8, 4) is 0 Å². The minimum absolute atomic E-state index is 0.0864. The summed E-state index contributed by atoms with van der Waals surface area (Å²) < 4.78 is 1.98. The van der Waals surface area contributed by atoms with E-state index in [1.165, 1.54) is 23.1 Å². The van der Waals surface area contributed by atoms with Gasteiger partial charge in [-0.15, -0.1) is 11.3 Å². The summed E-state index contributed by atoms with van der Waals surface area (Å²) in [7, 11) is 0. The number of nitrogens with zero attached hydrogens (tertiary/aromatic N) is 4. The molecule has 1 amide bonds. The van der Waals surface area contributed by atoms with Crippen LogP contribution in [0.5, 0.6) is 0 Å². The molecule has 0 fully saturated rings. The van der Waals surface area contributed by atoms with Gasteiger partial charge in [-0.25, -0.2) is 9.97 Å². The Kier molecular flexibility index (Phi) is 5.04. The second kappa shape index (κ2) is 7.38. The smallest absolute Gasteiger partial charge is 0.236 e. The van der Waals surface area contributed by atoms with E-state index < -0.39 is 0 Å². The Morgan fingerprint density at radius 1 is 1.35 bits per heavy atom. The summed E-state index contributed by atoms with van der Waals surface area (Å²) in [5.41, 5.74) is 1.86. The molecule has 0 atom stereocenters. The predicted molar refractivity (Wildman–Crippen MR) is 91.8 cm³/mol. The number of nitrogens with one attached hydrogen (secondary N) is 1. The molecule has 0 spiro atoms. The van der Waals surface area contributed by atoms with E-state index in [2.05, 4.69) is 20.3 Å². The number of anilines is 1. The highest BCUT2D eigenvalue weighted by Gasteiger charge is 2.10. The third-order valence-corrected chi connectivity index (χ3v) is 4.81. The van der Waals surface area contributed by atoms with E-state index >= 15 is 0 Å². The van der Waals surface area contributed by atoms with Crippen LogP contribution in [0.4, 0.5) is 5.13 Å². The first kappa shape index (κ1) is 15.7. The molecule has 0 saturated heterocycles. The molecule has 0 aliphatic heterocycles. The molecular formula is C15H15N5OS2. The summed E-state index contributed by atoms with van der Waals surface area (Å²) in [6.45, 7) is 2.53. The standard InChI is InChI=1S/C15H15N5OS2/c1-11-9-22-14(18-11)19-13(21)10-23-15-17-6-7-20(15)8-12-4-2-3-5-16-12/h2-7,9H,8,10H2,1H3,(H,18,19,21). The van der Waals surface area contributed by atoms with Crippen molar-refractivity contribution in [3.05, 3.63) is 53.6 Å². The van der Waals surface area contributed by atoms with Gasteiger partial charge in [-0.05, 0) is 19.1 Å². The molecular weight excluding hydrogens is 330 g/mol. The number of thioether (sulfide) groups is 1. The average Bonchev–Trinajstić information content (AvgIpc) is 3.15. The molecule has 6 nitrogen and oxygen atoms in total. The van der Waals surface area contributed by atoms with Gasteiger partial charge in [-0.1, -0.05) is 17.8 Å². The maximum Gasteiger partial charge on any atom is 0.236 e. The molecule has 0 aliphatic rings. The third-order valence-electron chi connectivity index (χ3n) is 2.93. The largest absolute Gasteiger partial charge is 0.320 e. The monoisotopic (exact) mass is 345 g/mol. The number of aromatic nitrogens is 4. The van der Waals surface area contributed by atoms with Gasteiger partial charge >= 0.3 is 0 Å². The van der Waals surface area contributed by atoms with E-state index in [9.17, 15) is 4.79 Å². The summed E-state index contributed by atoms with van der Waals surface area (Å²) >= 11 is 2.82. The zero-order valence-corrected chi connectivity index (χ0v) is 14.1. The number of amides is 1. The molecule has 0 saturated carbocycles. The summed E-state index contributed by atoms with van der Waals surface area (Å²) in [5.74, 6) is 0.203. The molecule has 0 radical (unpaired) electrons. The molecule has 1 N–H and O–H groups in total. The fourth-order valence-electron chi connectivity index (χ4n) is 1.92. The molecule has 3 aromatic heterocycles. The zero-order chi connectivity index (χ0) is 16.1. The lowest BCUT2D eigenvalue weighted by atomic mass is 10.3. The zero-order valence-electron chi connectivity index (χ0n) is 12.5. The predicted octanol–water partition coefficient (Wildman–Crippen LogP) is 2.82. The topological polar surface area (TPSA) is 72.7 Å². The number of aryl methyl sites for hydroxylation is 1. The van der Waals surface area contributed by atoms with Gasteiger partial charge in [0.15, 0.2) is 10.3 Å². The highest BCUT2D eigenvalue weighted by atomic mass is 32.2. The van der Waals surface area contributed by atoms with E-state index in [0.717, 1.165) is 16.5 Å². The number of pyridine rings is 1. The minimum Gasteiger partial charge on any atom is -0.320 e. The Hall–Kier alpha value is -2.19. The average molecular weight is 345 g/mol. The van der Waals surface area contributed by atoms with Gasteiger partial charge in [-0.2, -0.15) is 0 Å². The maximum absolute atomic E-state index is 12.0. The molecule has 8 heteroatoms. The Balaban J connectivity index is 1.56. The number of hydrogen-bond acceptors (Lipinski definition) is 6. The fraction of sp³-hybridized carbons (Fsp3) is 0.200. The van der Waals surface area contributed by atoms with Crippen LogP contribution in [0.2, 0.25) is 0 Å². The Morgan fingerprint density at radius 2 is 2.26 bits per heavy atom. The third kappa shape index (κ3) is 4.40. The lowest BCUT2D eigenvalue weighted by Crippen LogP contribution is -2.14. The summed E-state index contributed by atoms with van der Waals surface area (Å²) in [6, 6.07) is 5.80. The number of hydrogen-bond donors (Lipinski definition) is 1. The quantitative estimate of drug-likeness (QED) is 0.696. The van der Waals surface area contributed by atoms with Gasteiger partial charge in [0.2, 0.25) is 5.91 Å². The van der Waals surface area contributed by atoms with Crippen LogP contribution < -0.4 is 5.32 Å². The van der Waals surface area contributed by atoms with Crippen molar-refractivity contribution < 1.29 is 4.79 Å². The fourth-order valence-corrected chi connectivity index (χ4v) is 3.38. The van der Waals surface area contributed by atoms with Crippen LogP contribution in [-0.4, -0.2) is 31.2 Å². The first-order valence-electron chi connectivity index (χ1n) is 6.96. The first-order chi connectivity index (χ1) is 11.2. The van der Waals surface area contributed by atoms with Crippen LogP contribution in [0.3, 0.4) is 0 Å². The van der Waals surface area contributed by atoms with Crippen LogP contribution in [0.1, 0.15) is 11.4 Å². The summed E-state index contributed by atoms with van der Waals surface area (Å²) in [4.78, 5) is 24.8. The molecule has 0 unspecified atom stereocenters. The van der Waals surface area contributed by atoms with Crippen molar-refractivity contribution in [2.45, 2.75) is 18.6 Å². The van der Waals surface area contributed by atoms with Crippen molar-refractivity contribution in [2.24, 2.45) is 0 Å². The molecule has 3 rings (SSSR count). The second-order valence-electron chi connectivity index (χ2n) is 4.79. The van der Waals surface area contributed by atoms with Crippen molar-refractivity contribution in [1.82, 2.24) is 19.5 Å².